The van der Waals surface area contributed by atoms with Crippen LogP contribution < -0.4 is 14.4 Å². The van der Waals surface area contributed by atoms with Crippen molar-refractivity contribution in [3.05, 3.63) is 81.3 Å². The van der Waals surface area contributed by atoms with Gasteiger partial charge in [-0.25, -0.2) is 13.2 Å². The molecule has 4 rings (SSSR count). The second-order valence-corrected chi connectivity index (χ2v) is 10.3. The standard InChI is InChI=1S/C24H20Cl2N2O6S/c1-33-21-8-5-16(25)12-22(21)35(31,32)28-10-9-14-3-4-15(11-20(14)28)23(29)27-17-6-7-18(19(26)13-17)24(30)34-2/h3-8,11-13H,9-10H2,1-2H3,(H,27,29). The van der Waals surface area contributed by atoms with Crippen molar-refractivity contribution in [2.24, 2.45) is 0 Å². The number of anilines is 2. The van der Waals surface area contributed by atoms with Gasteiger partial charge in [0.1, 0.15) is 10.6 Å². The normalized spacial score (nSPS) is 12.7. The number of benzene rings is 3. The van der Waals surface area contributed by atoms with E-state index in [1.54, 1.807) is 18.2 Å². The van der Waals surface area contributed by atoms with Crippen molar-refractivity contribution >= 4 is 56.5 Å². The Hall–Kier alpha value is -3.27. The lowest BCUT2D eigenvalue weighted by molar-refractivity contribution is 0.0601. The first-order valence-corrected chi connectivity index (χ1v) is 12.5. The van der Waals surface area contributed by atoms with Gasteiger partial charge in [0.05, 0.1) is 30.5 Å². The average Bonchev–Trinajstić information content (AvgIpc) is 3.28. The third-order valence-electron chi connectivity index (χ3n) is 5.53. The molecule has 1 N–H and O–H groups in total. The zero-order chi connectivity index (χ0) is 25.3. The van der Waals surface area contributed by atoms with Gasteiger partial charge in [-0.1, -0.05) is 29.3 Å². The Kier molecular flexibility index (Phi) is 6.93. The van der Waals surface area contributed by atoms with Crippen LogP contribution in [0.3, 0.4) is 0 Å². The topological polar surface area (TPSA) is 102 Å². The molecule has 1 amide bonds. The van der Waals surface area contributed by atoms with Crippen molar-refractivity contribution in [2.45, 2.75) is 11.3 Å². The summed E-state index contributed by atoms with van der Waals surface area (Å²) < 4.78 is 38.1. The molecule has 3 aromatic carbocycles. The van der Waals surface area contributed by atoms with Crippen LogP contribution in [0.5, 0.6) is 5.75 Å². The number of halogens is 2. The Morgan fingerprint density at radius 3 is 2.46 bits per heavy atom. The number of ether oxygens (including phenoxy) is 2. The van der Waals surface area contributed by atoms with Crippen LogP contribution in [-0.2, 0) is 21.2 Å². The molecule has 0 spiro atoms. The third-order valence-corrected chi connectivity index (χ3v) is 7.91. The summed E-state index contributed by atoms with van der Waals surface area (Å²) in [7, 11) is -1.38. The number of rotatable bonds is 6. The van der Waals surface area contributed by atoms with Crippen LogP contribution in [0, 0.1) is 0 Å². The zero-order valence-electron chi connectivity index (χ0n) is 18.7. The molecule has 0 radical (unpaired) electrons. The van der Waals surface area contributed by atoms with Gasteiger partial charge in [0, 0.05) is 22.8 Å². The lowest BCUT2D eigenvalue weighted by Gasteiger charge is -2.21. The minimum Gasteiger partial charge on any atom is -0.495 e. The van der Waals surface area contributed by atoms with E-state index < -0.39 is 21.9 Å². The molecule has 11 heteroatoms. The van der Waals surface area contributed by atoms with Gasteiger partial charge in [-0.2, -0.15) is 0 Å². The highest BCUT2D eigenvalue weighted by Crippen LogP contribution is 2.37. The lowest BCUT2D eigenvalue weighted by atomic mass is 10.1. The van der Waals surface area contributed by atoms with Crippen LogP contribution in [-0.4, -0.2) is 41.1 Å². The Labute approximate surface area is 212 Å². The number of nitrogens with one attached hydrogen (secondary N) is 1. The molecule has 0 fully saturated rings. The highest BCUT2D eigenvalue weighted by molar-refractivity contribution is 7.93. The van der Waals surface area contributed by atoms with E-state index in [0.717, 1.165) is 5.56 Å². The number of carbonyl (C=O) groups excluding carboxylic acids is 2. The molecule has 1 heterocycles. The van der Waals surface area contributed by atoms with Crippen molar-refractivity contribution in [1.82, 2.24) is 0 Å². The quantitative estimate of drug-likeness (QED) is 0.456. The van der Waals surface area contributed by atoms with Gasteiger partial charge in [-0.3, -0.25) is 9.10 Å². The molecule has 1 aliphatic rings. The minimum absolute atomic E-state index is 0.0597. The summed E-state index contributed by atoms with van der Waals surface area (Å²) in [6.45, 7) is 0.211. The molecule has 0 atom stereocenters. The Morgan fingerprint density at radius 2 is 1.77 bits per heavy atom. The number of esters is 1. The van der Waals surface area contributed by atoms with Crippen molar-refractivity contribution in [3.8, 4) is 5.75 Å². The third kappa shape index (κ3) is 4.80. The van der Waals surface area contributed by atoms with Crippen LogP contribution in [0.15, 0.2) is 59.5 Å². The Morgan fingerprint density at radius 1 is 1.00 bits per heavy atom. The molecule has 8 nitrogen and oxygen atoms in total. The highest BCUT2D eigenvalue weighted by atomic mass is 35.5. The molecule has 182 valence electrons. The van der Waals surface area contributed by atoms with Crippen LogP contribution >= 0.6 is 23.2 Å². The number of nitrogens with zero attached hydrogens (tertiary/aromatic N) is 1. The van der Waals surface area contributed by atoms with Crippen molar-refractivity contribution in [2.75, 3.05) is 30.4 Å². The largest absolute Gasteiger partial charge is 0.495 e. The monoisotopic (exact) mass is 534 g/mol. The van der Waals surface area contributed by atoms with Crippen molar-refractivity contribution in [3.63, 3.8) is 0 Å². The maximum Gasteiger partial charge on any atom is 0.339 e. The molecule has 1 aliphatic heterocycles. The molecular weight excluding hydrogens is 515 g/mol. The van der Waals surface area contributed by atoms with Gasteiger partial charge in [-0.05, 0) is 60.5 Å². The van der Waals surface area contributed by atoms with Gasteiger partial charge in [-0.15, -0.1) is 0 Å². The molecular formula is C24H20Cl2N2O6S. The lowest BCUT2D eigenvalue weighted by Crippen LogP contribution is -2.29. The van der Waals surface area contributed by atoms with E-state index >= 15 is 0 Å². The van der Waals surface area contributed by atoms with E-state index in [1.807, 2.05) is 0 Å². The molecule has 0 aliphatic carbocycles. The van der Waals surface area contributed by atoms with E-state index in [9.17, 15) is 18.0 Å². The first-order valence-electron chi connectivity index (χ1n) is 10.3. The van der Waals surface area contributed by atoms with Gasteiger partial charge < -0.3 is 14.8 Å². The number of amides is 1. The first-order chi connectivity index (χ1) is 16.6. The molecule has 0 bridgehead atoms. The summed E-state index contributed by atoms with van der Waals surface area (Å²) in [5.41, 5.74) is 1.97. The predicted molar refractivity (Wildman–Crippen MR) is 133 cm³/mol. The molecule has 35 heavy (non-hydrogen) atoms. The van der Waals surface area contributed by atoms with E-state index in [2.05, 4.69) is 10.1 Å². The van der Waals surface area contributed by atoms with E-state index in [4.69, 9.17) is 27.9 Å². The fraction of sp³-hybridized carbons (Fsp3) is 0.167. The molecule has 0 unspecified atom stereocenters. The number of carbonyl (C=O) groups is 2. The van der Waals surface area contributed by atoms with Crippen LogP contribution in [0.25, 0.3) is 0 Å². The second kappa shape index (κ2) is 9.77. The minimum atomic E-state index is -4.01. The van der Waals surface area contributed by atoms with Gasteiger partial charge in [0.15, 0.2) is 0 Å². The van der Waals surface area contributed by atoms with Crippen molar-refractivity contribution < 1.29 is 27.5 Å². The first kappa shape index (κ1) is 24.8. The Balaban J connectivity index is 1.63. The maximum atomic E-state index is 13.5. The maximum absolute atomic E-state index is 13.5. The number of fused-ring (bicyclic) bond motifs is 1. The molecule has 0 aromatic heterocycles. The summed E-state index contributed by atoms with van der Waals surface area (Å²) in [5, 5.41) is 3.08. The van der Waals surface area contributed by atoms with Gasteiger partial charge in [0.2, 0.25) is 0 Å². The number of hydrogen-bond donors (Lipinski definition) is 1. The molecule has 0 saturated heterocycles. The summed E-state index contributed by atoms with van der Waals surface area (Å²) in [4.78, 5) is 24.6. The zero-order valence-corrected chi connectivity index (χ0v) is 21.0. The van der Waals surface area contributed by atoms with E-state index in [-0.39, 0.29) is 38.4 Å². The second-order valence-electron chi connectivity index (χ2n) is 7.61. The smallest absolute Gasteiger partial charge is 0.339 e. The molecule has 0 saturated carbocycles. The van der Waals surface area contributed by atoms with Crippen LogP contribution in [0.2, 0.25) is 10.0 Å². The van der Waals surface area contributed by atoms with Gasteiger partial charge >= 0.3 is 5.97 Å². The van der Waals surface area contributed by atoms with E-state index in [0.29, 0.717) is 17.8 Å². The predicted octanol–water partition coefficient (Wildman–Crippen LogP) is 4.79. The van der Waals surface area contributed by atoms with Crippen LogP contribution in [0.1, 0.15) is 26.3 Å². The summed E-state index contributed by atoms with van der Waals surface area (Å²) >= 11 is 12.2. The number of sulfonamides is 1. The summed E-state index contributed by atoms with van der Waals surface area (Å²) in [5.74, 6) is -0.896. The molecule has 3 aromatic rings. The SMILES string of the molecule is COC(=O)c1ccc(NC(=O)c2ccc3c(c2)N(S(=O)(=O)c2cc(Cl)ccc2OC)CC3)cc1Cl. The summed E-state index contributed by atoms with van der Waals surface area (Å²) in [6, 6.07) is 13.6. The number of hydrogen-bond acceptors (Lipinski definition) is 6. The van der Waals surface area contributed by atoms with Gasteiger partial charge in [0.25, 0.3) is 15.9 Å². The van der Waals surface area contributed by atoms with E-state index in [1.165, 1.54) is 54.9 Å². The summed E-state index contributed by atoms with van der Waals surface area (Å²) in [6.07, 6.45) is 0.490. The number of methoxy groups -OCH3 is 2. The van der Waals surface area contributed by atoms with Crippen molar-refractivity contribution in [1.29, 1.82) is 0 Å². The fourth-order valence-corrected chi connectivity index (χ4v) is 5.96. The fourth-order valence-electron chi connectivity index (χ4n) is 3.78. The van der Waals surface area contributed by atoms with Crippen LogP contribution in [0.4, 0.5) is 11.4 Å². The highest BCUT2D eigenvalue weighted by Gasteiger charge is 2.33. The average molecular weight is 535 g/mol. The Bertz CT molecular complexity index is 1440.